The van der Waals surface area contributed by atoms with Crippen molar-refractivity contribution in [2.45, 2.75) is 45.1 Å². The van der Waals surface area contributed by atoms with E-state index in [1.807, 2.05) is 0 Å². The van der Waals surface area contributed by atoms with E-state index >= 15 is 0 Å². The summed E-state index contributed by atoms with van der Waals surface area (Å²) in [4.78, 5) is 0. The van der Waals surface area contributed by atoms with Gasteiger partial charge in [0, 0.05) is 17.0 Å². The van der Waals surface area contributed by atoms with Gasteiger partial charge in [0.15, 0.2) is 0 Å². The van der Waals surface area contributed by atoms with Crippen molar-refractivity contribution in [3.05, 3.63) is 28.8 Å². The fraction of sp³-hybridized carbons (Fsp3) is 0.625. The lowest BCUT2D eigenvalue weighted by Crippen LogP contribution is -2.48. The molecule has 0 saturated carbocycles. The molecule has 2 rings (SSSR count). The summed E-state index contributed by atoms with van der Waals surface area (Å²) in [5, 5.41) is 0. The van der Waals surface area contributed by atoms with Gasteiger partial charge < -0.3 is 15.2 Å². The summed E-state index contributed by atoms with van der Waals surface area (Å²) in [5.41, 5.74) is 9.86. The number of benzene rings is 1. The van der Waals surface area contributed by atoms with Gasteiger partial charge in [0.1, 0.15) is 5.75 Å². The van der Waals surface area contributed by atoms with Gasteiger partial charge >= 0.3 is 0 Å². The first kappa shape index (κ1) is 14.4. The van der Waals surface area contributed by atoms with Crippen LogP contribution < -0.4 is 10.5 Å². The maximum absolute atomic E-state index is 5.92. The highest BCUT2D eigenvalue weighted by molar-refractivity contribution is 5.49. The zero-order valence-electron chi connectivity index (χ0n) is 12.5. The second-order valence-electron chi connectivity index (χ2n) is 5.95. The molecule has 0 bridgehead atoms. The van der Waals surface area contributed by atoms with Crippen molar-refractivity contribution >= 4 is 0 Å². The standard InChI is InChI=1S/C16H25NO2/c1-11-7-12(2)15(14(8-11)18-4)16(9-19-10-16)6-5-13(3)17/h7-8,13H,5-6,9-10,17H2,1-4H3. The molecule has 1 saturated heterocycles. The van der Waals surface area contributed by atoms with Crippen LogP contribution in [-0.2, 0) is 10.2 Å². The van der Waals surface area contributed by atoms with Crippen molar-refractivity contribution in [3.63, 3.8) is 0 Å². The Kier molecular flexibility index (Phi) is 4.16. The van der Waals surface area contributed by atoms with Crippen LogP contribution in [0.1, 0.15) is 36.5 Å². The third kappa shape index (κ3) is 2.77. The van der Waals surface area contributed by atoms with Crippen LogP contribution in [0.5, 0.6) is 5.75 Å². The molecule has 1 aromatic carbocycles. The normalized spacial score (nSPS) is 18.8. The first-order chi connectivity index (χ1) is 8.98. The Morgan fingerprint density at radius 1 is 1.37 bits per heavy atom. The number of aryl methyl sites for hydroxylation is 2. The van der Waals surface area contributed by atoms with Crippen molar-refractivity contribution in [1.82, 2.24) is 0 Å². The molecule has 0 spiro atoms. The number of hydrogen-bond acceptors (Lipinski definition) is 3. The van der Waals surface area contributed by atoms with E-state index < -0.39 is 0 Å². The molecule has 1 aliphatic heterocycles. The van der Waals surface area contributed by atoms with Crippen LogP contribution in [-0.4, -0.2) is 26.4 Å². The van der Waals surface area contributed by atoms with Gasteiger partial charge in [-0.25, -0.2) is 0 Å². The quantitative estimate of drug-likeness (QED) is 0.888. The minimum atomic E-state index is 0.0940. The van der Waals surface area contributed by atoms with Crippen LogP contribution in [0.3, 0.4) is 0 Å². The summed E-state index contributed by atoms with van der Waals surface area (Å²) in [5.74, 6) is 0.991. The highest BCUT2D eigenvalue weighted by Crippen LogP contribution is 2.43. The first-order valence-corrected chi connectivity index (χ1v) is 6.97. The molecule has 0 radical (unpaired) electrons. The monoisotopic (exact) mass is 263 g/mol. The van der Waals surface area contributed by atoms with Gasteiger partial charge in [-0.1, -0.05) is 6.07 Å². The molecule has 1 aliphatic rings. The van der Waals surface area contributed by atoms with Crippen LogP contribution in [0.2, 0.25) is 0 Å². The molecule has 0 aliphatic carbocycles. The highest BCUT2D eigenvalue weighted by atomic mass is 16.5. The van der Waals surface area contributed by atoms with Crippen LogP contribution in [0.15, 0.2) is 12.1 Å². The van der Waals surface area contributed by atoms with Crippen molar-refractivity contribution in [3.8, 4) is 5.75 Å². The first-order valence-electron chi connectivity index (χ1n) is 6.97. The van der Waals surface area contributed by atoms with Gasteiger partial charge in [-0.15, -0.1) is 0 Å². The van der Waals surface area contributed by atoms with Gasteiger partial charge in [-0.3, -0.25) is 0 Å². The number of ether oxygens (including phenoxy) is 2. The number of methoxy groups -OCH3 is 1. The Morgan fingerprint density at radius 2 is 2.05 bits per heavy atom. The minimum absolute atomic E-state index is 0.0940. The fourth-order valence-corrected chi connectivity index (χ4v) is 3.04. The van der Waals surface area contributed by atoms with Gasteiger partial charge in [0.05, 0.1) is 20.3 Å². The lowest BCUT2D eigenvalue weighted by molar-refractivity contribution is -0.0668. The summed E-state index contributed by atoms with van der Waals surface area (Å²) in [6, 6.07) is 4.58. The Bertz CT molecular complexity index is 450. The van der Waals surface area contributed by atoms with Crippen LogP contribution >= 0.6 is 0 Å². The molecular formula is C16H25NO2. The van der Waals surface area contributed by atoms with E-state index in [0.29, 0.717) is 0 Å². The zero-order valence-corrected chi connectivity index (χ0v) is 12.5. The topological polar surface area (TPSA) is 44.5 Å². The van der Waals surface area contributed by atoms with Gasteiger partial charge in [0.2, 0.25) is 0 Å². The Morgan fingerprint density at radius 3 is 2.53 bits per heavy atom. The molecule has 1 unspecified atom stereocenters. The van der Waals surface area contributed by atoms with Crippen molar-refractivity contribution in [1.29, 1.82) is 0 Å². The summed E-state index contributed by atoms with van der Waals surface area (Å²) in [7, 11) is 1.75. The van der Waals surface area contributed by atoms with Crippen molar-refractivity contribution in [2.24, 2.45) is 5.73 Å². The van der Waals surface area contributed by atoms with Gasteiger partial charge in [-0.2, -0.15) is 0 Å². The number of rotatable bonds is 5. The maximum Gasteiger partial charge on any atom is 0.123 e. The average molecular weight is 263 g/mol. The molecule has 19 heavy (non-hydrogen) atoms. The van der Waals surface area contributed by atoms with E-state index in [1.165, 1.54) is 16.7 Å². The maximum atomic E-state index is 5.92. The molecular weight excluding hydrogens is 238 g/mol. The van der Waals surface area contributed by atoms with E-state index in [2.05, 4.69) is 32.9 Å². The number of hydrogen-bond donors (Lipinski definition) is 1. The van der Waals surface area contributed by atoms with E-state index in [1.54, 1.807) is 7.11 Å². The Labute approximate surface area is 116 Å². The minimum Gasteiger partial charge on any atom is -0.496 e. The largest absolute Gasteiger partial charge is 0.496 e. The zero-order chi connectivity index (χ0) is 14.0. The summed E-state index contributed by atoms with van der Waals surface area (Å²) >= 11 is 0. The molecule has 2 N–H and O–H groups in total. The van der Waals surface area contributed by atoms with E-state index in [0.717, 1.165) is 31.8 Å². The molecule has 1 fully saturated rings. The predicted octanol–water partition coefficient (Wildman–Crippen LogP) is 2.71. The van der Waals surface area contributed by atoms with E-state index in [-0.39, 0.29) is 11.5 Å². The molecule has 0 aromatic heterocycles. The summed E-state index contributed by atoms with van der Waals surface area (Å²) < 4.78 is 11.1. The third-order valence-electron chi connectivity index (χ3n) is 4.03. The third-order valence-corrected chi connectivity index (χ3v) is 4.03. The van der Waals surface area contributed by atoms with E-state index in [4.69, 9.17) is 15.2 Å². The average Bonchev–Trinajstić information content (AvgIpc) is 2.28. The summed E-state index contributed by atoms with van der Waals surface area (Å²) in [6.07, 6.45) is 2.07. The second-order valence-corrected chi connectivity index (χ2v) is 5.95. The van der Waals surface area contributed by atoms with Gasteiger partial charge in [0.25, 0.3) is 0 Å². The molecule has 3 heteroatoms. The molecule has 3 nitrogen and oxygen atoms in total. The highest BCUT2D eigenvalue weighted by Gasteiger charge is 2.43. The van der Waals surface area contributed by atoms with Crippen molar-refractivity contribution < 1.29 is 9.47 Å². The van der Waals surface area contributed by atoms with Crippen LogP contribution in [0, 0.1) is 13.8 Å². The lowest BCUT2D eigenvalue weighted by Gasteiger charge is -2.44. The summed E-state index contributed by atoms with van der Waals surface area (Å²) in [6.45, 7) is 7.88. The predicted molar refractivity (Wildman–Crippen MR) is 77.8 cm³/mol. The SMILES string of the molecule is COc1cc(C)cc(C)c1C1(CCC(C)N)COC1. The Balaban J connectivity index is 2.37. The van der Waals surface area contributed by atoms with Gasteiger partial charge in [-0.05, 0) is 50.8 Å². The second kappa shape index (κ2) is 5.51. The smallest absolute Gasteiger partial charge is 0.123 e. The van der Waals surface area contributed by atoms with E-state index in [9.17, 15) is 0 Å². The molecule has 1 heterocycles. The number of nitrogens with two attached hydrogens (primary N) is 1. The Hall–Kier alpha value is -1.06. The van der Waals surface area contributed by atoms with Crippen LogP contribution in [0.25, 0.3) is 0 Å². The molecule has 0 amide bonds. The molecule has 1 atom stereocenters. The molecule has 1 aromatic rings. The van der Waals surface area contributed by atoms with Crippen LogP contribution in [0.4, 0.5) is 0 Å². The molecule has 106 valence electrons. The fourth-order valence-electron chi connectivity index (χ4n) is 3.04. The lowest BCUT2D eigenvalue weighted by atomic mass is 9.72. The van der Waals surface area contributed by atoms with Crippen molar-refractivity contribution in [2.75, 3.05) is 20.3 Å².